The second kappa shape index (κ2) is 7.58. The van der Waals surface area contributed by atoms with Gasteiger partial charge in [-0.05, 0) is 51.2 Å². The van der Waals surface area contributed by atoms with Gasteiger partial charge < -0.3 is 15.1 Å². The van der Waals surface area contributed by atoms with E-state index in [0.29, 0.717) is 6.04 Å². The highest BCUT2D eigenvalue weighted by Gasteiger charge is 2.18. The van der Waals surface area contributed by atoms with Crippen LogP contribution in [0.5, 0.6) is 0 Å². The fraction of sp³-hybridized carbons (Fsp3) is 0.667. The van der Waals surface area contributed by atoms with Crippen LogP contribution < -0.4 is 5.32 Å². The van der Waals surface area contributed by atoms with E-state index in [9.17, 15) is 0 Å². The van der Waals surface area contributed by atoms with Crippen LogP contribution in [-0.2, 0) is 6.42 Å². The van der Waals surface area contributed by atoms with Crippen LogP contribution in [0.3, 0.4) is 0 Å². The van der Waals surface area contributed by atoms with E-state index in [4.69, 9.17) is 0 Å². The maximum absolute atomic E-state index is 4.05. The number of aromatic nitrogens is 1. The third-order valence-corrected chi connectivity index (χ3v) is 4.02. The maximum atomic E-state index is 4.05. The molecule has 1 aliphatic rings. The Hall–Kier alpha value is -0.970. The fourth-order valence-corrected chi connectivity index (χ4v) is 2.54. The number of piperazine rings is 1. The third kappa shape index (κ3) is 4.90. The first kappa shape index (κ1) is 14.4. The number of rotatable bonds is 6. The van der Waals surface area contributed by atoms with Crippen molar-refractivity contribution in [2.75, 3.05) is 46.8 Å². The van der Waals surface area contributed by atoms with E-state index in [1.165, 1.54) is 25.1 Å². The van der Waals surface area contributed by atoms with Crippen LogP contribution in [0.2, 0.25) is 0 Å². The molecule has 4 heteroatoms. The number of nitrogens with one attached hydrogen (secondary N) is 1. The monoisotopic (exact) mass is 262 g/mol. The summed E-state index contributed by atoms with van der Waals surface area (Å²) in [5, 5.41) is 3.48. The molecule has 4 nitrogen and oxygen atoms in total. The highest BCUT2D eigenvalue weighted by atomic mass is 15.2. The van der Waals surface area contributed by atoms with Crippen molar-refractivity contribution in [1.29, 1.82) is 0 Å². The molecular weight excluding hydrogens is 236 g/mol. The molecule has 1 fully saturated rings. The maximum Gasteiger partial charge on any atom is 0.0270 e. The molecule has 1 aromatic heterocycles. The van der Waals surface area contributed by atoms with Gasteiger partial charge >= 0.3 is 0 Å². The standard InChI is InChI=1S/C15H26N4/c1-18(10-5-14-3-7-16-8-4-14)11-6-15-13-17-9-12-19(15)2/h3-4,7-8,15,17H,5-6,9-13H2,1-2H3. The van der Waals surface area contributed by atoms with E-state index in [-0.39, 0.29) is 0 Å². The average Bonchev–Trinajstić information content (AvgIpc) is 2.45. The van der Waals surface area contributed by atoms with Crippen molar-refractivity contribution in [3.05, 3.63) is 30.1 Å². The van der Waals surface area contributed by atoms with Gasteiger partial charge in [-0.2, -0.15) is 0 Å². The summed E-state index contributed by atoms with van der Waals surface area (Å²) in [4.78, 5) is 8.97. The van der Waals surface area contributed by atoms with E-state index in [0.717, 1.165) is 26.1 Å². The number of nitrogens with zero attached hydrogens (tertiary/aromatic N) is 3. The Bertz CT molecular complexity index is 354. The summed E-state index contributed by atoms with van der Waals surface area (Å²) >= 11 is 0. The molecule has 1 aromatic rings. The van der Waals surface area contributed by atoms with E-state index >= 15 is 0 Å². The van der Waals surface area contributed by atoms with Crippen molar-refractivity contribution >= 4 is 0 Å². The smallest absolute Gasteiger partial charge is 0.0270 e. The summed E-state index contributed by atoms with van der Waals surface area (Å²) in [6.45, 7) is 5.72. The Labute approximate surface area is 116 Å². The van der Waals surface area contributed by atoms with Crippen molar-refractivity contribution in [3.8, 4) is 0 Å². The molecule has 0 spiro atoms. The second-order valence-corrected chi connectivity index (χ2v) is 5.54. The van der Waals surface area contributed by atoms with Gasteiger partial charge in [-0.1, -0.05) is 0 Å². The van der Waals surface area contributed by atoms with E-state index < -0.39 is 0 Å². The first-order valence-corrected chi connectivity index (χ1v) is 7.24. The van der Waals surface area contributed by atoms with Crippen molar-refractivity contribution in [2.45, 2.75) is 18.9 Å². The molecule has 0 amide bonds. The molecule has 19 heavy (non-hydrogen) atoms. The molecule has 0 radical (unpaired) electrons. The first-order chi connectivity index (χ1) is 9.25. The molecule has 0 aromatic carbocycles. The van der Waals surface area contributed by atoms with E-state index in [2.05, 4.69) is 46.3 Å². The molecule has 0 aliphatic carbocycles. The number of pyridine rings is 1. The average molecular weight is 262 g/mol. The van der Waals surface area contributed by atoms with Gasteiger partial charge in [0.1, 0.15) is 0 Å². The van der Waals surface area contributed by atoms with Gasteiger partial charge in [0, 0.05) is 44.6 Å². The van der Waals surface area contributed by atoms with Gasteiger partial charge in [0.15, 0.2) is 0 Å². The summed E-state index contributed by atoms with van der Waals surface area (Å²) < 4.78 is 0. The van der Waals surface area contributed by atoms with E-state index in [1.807, 2.05) is 12.4 Å². The van der Waals surface area contributed by atoms with Crippen LogP contribution in [0.4, 0.5) is 0 Å². The Morgan fingerprint density at radius 3 is 2.89 bits per heavy atom. The Balaban J connectivity index is 1.65. The topological polar surface area (TPSA) is 31.4 Å². The largest absolute Gasteiger partial charge is 0.314 e. The lowest BCUT2D eigenvalue weighted by atomic mass is 10.1. The lowest BCUT2D eigenvalue weighted by molar-refractivity contribution is 0.173. The Kier molecular flexibility index (Phi) is 5.76. The summed E-state index contributed by atoms with van der Waals surface area (Å²) in [5.41, 5.74) is 1.37. The lowest BCUT2D eigenvalue weighted by Gasteiger charge is -2.34. The molecule has 1 saturated heterocycles. The van der Waals surface area contributed by atoms with Gasteiger partial charge in [-0.3, -0.25) is 4.98 Å². The minimum atomic E-state index is 0.692. The van der Waals surface area contributed by atoms with Gasteiger partial charge in [-0.15, -0.1) is 0 Å². The zero-order valence-corrected chi connectivity index (χ0v) is 12.2. The van der Waals surface area contributed by atoms with Crippen LogP contribution in [0, 0.1) is 0 Å². The fourth-order valence-electron chi connectivity index (χ4n) is 2.54. The summed E-state index contributed by atoms with van der Waals surface area (Å²) in [6, 6.07) is 4.90. The first-order valence-electron chi connectivity index (χ1n) is 7.24. The second-order valence-electron chi connectivity index (χ2n) is 5.54. The van der Waals surface area contributed by atoms with Gasteiger partial charge in [0.05, 0.1) is 0 Å². The third-order valence-electron chi connectivity index (χ3n) is 4.02. The molecule has 0 bridgehead atoms. The summed E-state index contributed by atoms with van der Waals surface area (Å²) in [6.07, 6.45) is 6.10. The van der Waals surface area contributed by atoms with Crippen molar-refractivity contribution in [1.82, 2.24) is 20.1 Å². The number of hydrogen-bond acceptors (Lipinski definition) is 4. The minimum absolute atomic E-state index is 0.692. The Morgan fingerprint density at radius 2 is 2.16 bits per heavy atom. The Morgan fingerprint density at radius 1 is 1.37 bits per heavy atom. The predicted molar refractivity (Wildman–Crippen MR) is 79.3 cm³/mol. The van der Waals surface area contributed by atoms with E-state index in [1.54, 1.807) is 0 Å². The molecule has 1 unspecified atom stereocenters. The summed E-state index contributed by atoms with van der Waals surface area (Å²) in [5.74, 6) is 0. The van der Waals surface area contributed by atoms with Gasteiger partial charge in [-0.25, -0.2) is 0 Å². The zero-order valence-electron chi connectivity index (χ0n) is 12.2. The van der Waals surface area contributed by atoms with Crippen LogP contribution in [0.25, 0.3) is 0 Å². The molecule has 1 aliphatic heterocycles. The molecule has 2 heterocycles. The predicted octanol–water partition coefficient (Wildman–Crippen LogP) is 0.850. The molecule has 1 N–H and O–H groups in total. The lowest BCUT2D eigenvalue weighted by Crippen LogP contribution is -2.50. The SMILES string of the molecule is CN(CCc1ccncc1)CCC1CNCCN1C. The number of likely N-dealkylation sites (N-methyl/N-ethyl adjacent to an activating group) is 2. The van der Waals surface area contributed by atoms with Crippen LogP contribution >= 0.6 is 0 Å². The van der Waals surface area contributed by atoms with Crippen LogP contribution in [-0.4, -0.2) is 67.6 Å². The normalized spacial score (nSPS) is 20.9. The number of hydrogen-bond donors (Lipinski definition) is 1. The zero-order chi connectivity index (χ0) is 13.5. The highest BCUT2D eigenvalue weighted by Crippen LogP contribution is 2.06. The molecule has 1 atom stereocenters. The van der Waals surface area contributed by atoms with Gasteiger partial charge in [0.2, 0.25) is 0 Å². The highest BCUT2D eigenvalue weighted by molar-refractivity contribution is 5.09. The molecule has 106 valence electrons. The summed E-state index contributed by atoms with van der Waals surface area (Å²) in [7, 11) is 4.46. The van der Waals surface area contributed by atoms with Crippen molar-refractivity contribution in [2.24, 2.45) is 0 Å². The van der Waals surface area contributed by atoms with Crippen LogP contribution in [0.15, 0.2) is 24.5 Å². The molecular formula is C15H26N4. The molecule has 2 rings (SSSR count). The van der Waals surface area contributed by atoms with Crippen LogP contribution in [0.1, 0.15) is 12.0 Å². The molecule has 0 saturated carbocycles. The van der Waals surface area contributed by atoms with Crippen molar-refractivity contribution < 1.29 is 0 Å². The minimum Gasteiger partial charge on any atom is -0.314 e. The quantitative estimate of drug-likeness (QED) is 0.823. The van der Waals surface area contributed by atoms with Gasteiger partial charge in [0.25, 0.3) is 0 Å². The van der Waals surface area contributed by atoms with Crippen molar-refractivity contribution in [3.63, 3.8) is 0 Å².